The predicted molar refractivity (Wildman–Crippen MR) is 124 cm³/mol. The summed E-state index contributed by atoms with van der Waals surface area (Å²) in [5.41, 5.74) is 3.36. The number of hydrogen-bond donors (Lipinski definition) is 1. The highest BCUT2D eigenvalue weighted by Crippen LogP contribution is 2.17. The molecule has 2 aromatic rings. The minimum absolute atomic E-state index is 0. The van der Waals surface area contributed by atoms with Crippen LogP contribution in [0, 0.1) is 13.8 Å². The first kappa shape index (κ1) is 24.1. The lowest BCUT2D eigenvalue weighted by Gasteiger charge is -2.22. The van der Waals surface area contributed by atoms with E-state index in [-0.39, 0.29) is 24.0 Å². The molecule has 0 fully saturated rings. The number of nitrogens with zero attached hydrogens (tertiary/aromatic N) is 4. The number of hydrogen-bond acceptors (Lipinski definition) is 4. The smallest absolute Gasteiger partial charge is 0.194 e. The van der Waals surface area contributed by atoms with Gasteiger partial charge < -0.3 is 19.7 Å². The van der Waals surface area contributed by atoms with E-state index in [1.807, 2.05) is 50.0 Å². The molecule has 0 saturated carbocycles. The molecular weight excluding hydrogens is 469 g/mol. The minimum atomic E-state index is 0. The fourth-order valence-electron chi connectivity index (χ4n) is 2.75. The molecule has 0 spiro atoms. The van der Waals surface area contributed by atoms with Gasteiger partial charge in [0.05, 0.1) is 25.9 Å². The van der Waals surface area contributed by atoms with Crippen molar-refractivity contribution < 1.29 is 9.47 Å². The Morgan fingerprint density at radius 1 is 1.21 bits per heavy atom. The van der Waals surface area contributed by atoms with Gasteiger partial charge in [-0.3, -0.25) is 4.68 Å². The van der Waals surface area contributed by atoms with E-state index in [4.69, 9.17) is 14.5 Å². The van der Waals surface area contributed by atoms with Crippen LogP contribution in [0.1, 0.15) is 23.9 Å². The van der Waals surface area contributed by atoms with Crippen LogP contribution in [0.2, 0.25) is 0 Å². The highest BCUT2D eigenvalue weighted by Gasteiger charge is 2.11. The maximum atomic E-state index is 5.82. The Hall–Kier alpha value is -1.97. The summed E-state index contributed by atoms with van der Waals surface area (Å²) < 4.78 is 12.9. The average Bonchev–Trinajstić information content (AvgIpc) is 2.91. The highest BCUT2D eigenvalue weighted by atomic mass is 127. The molecule has 1 N–H and O–H groups in total. The molecule has 0 aliphatic carbocycles. The number of benzene rings is 1. The van der Waals surface area contributed by atoms with E-state index in [9.17, 15) is 0 Å². The zero-order valence-corrected chi connectivity index (χ0v) is 20.0. The topological polar surface area (TPSA) is 63.9 Å². The van der Waals surface area contributed by atoms with Crippen molar-refractivity contribution in [3.63, 3.8) is 0 Å². The van der Waals surface area contributed by atoms with Gasteiger partial charge in [-0.05, 0) is 45.0 Å². The Kier molecular flexibility index (Phi) is 10.1. The average molecular weight is 501 g/mol. The Labute approximate surface area is 185 Å². The van der Waals surface area contributed by atoms with Gasteiger partial charge in [-0.15, -0.1) is 24.0 Å². The van der Waals surface area contributed by atoms with Crippen molar-refractivity contribution >= 4 is 29.9 Å². The molecular formula is C20H32IN5O2. The van der Waals surface area contributed by atoms with Crippen molar-refractivity contribution in [3.05, 3.63) is 41.2 Å². The quantitative estimate of drug-likeness (QED) is 0.342. The third-order valence-corrected chi connectivity index (χ3v) is 4.50. The van der Waals surface area contributed by atoms with Crippen LogP contribution < -0.4 is 14.8 Å². The van der Waals surface area contributed by atoms with Crippen LogP contribution in [0.5, 0.6) is 11.5 Å². The molecule has 0 unspecified atom stereocenters. The van der Waals surface area contributed by atoms with Crippen LogP contribution in [0.4, 0.5) is 0 Å². The molecule has 0 aliphatic rings. The number of aromatic nitrogens is 2. The van der Waals surface area contributed by atoms with E-state index >= 15 is 0 Å². The molecule has 28 heavy (non-hydrogen) atoms. The summed E-state index contributed by atoms with van der Waals surface area (Å²) in [5, 5.41) is 7.80. The van der Waals surface area contributed by atoms with Crippen LogP contribution >= 0.6 is 24.0 Å². The monoisotopic (exact) mass is 501 g/mol. The third kappa shape index (κ3) is 6.57. The fourth-order valence-corrected chi connectivity index (χ4v) is 2.75. The molecule has 8 heteroatoms. The molecule has 0 amide bonds. The zero-order chi connectivity index (χ0) is 19.8. The van der Waals surface area contributed by atoms with E-state index < -0.39 is 0 Å². The number of halogens is 1. The molecule has 0 saturated heterocycles. The van der Waals surface area contributed by atoms with E-state index in [0.717, 1.165) is 41.9 Å². The number of methoxy groups -OCH3 is 1. The number of nitrogens with one attached hydrogen (secondary N) is 1. The normalized spacial score (nSPS) is 11.0. The summed E-state index contributed by atoms with van der Waals surface area (Å²) in [4.78, 5) is 6.85. The standard InChI is InChI=1S/C20H31N5O2.HI/c1-7-21-20(22-14-19-15(2)23-25(5)16(19)3)24(4)12-13-27-18-10-8-17(26-6)9-11-18;/h8-11H,7,12-14H2,1-6H3,(H,21,22);1H. The molecule has 0 atom stereocenters. The van der Waals surface area contributed by atoms with E-state index in [1.54, 1.807) is 7.11 Å². The van der Waals surface area contributed by atoms with Crippen LogP contribution in [-0.4, -0.2) is 54.5 Å². The Bertz CT molecular complexity index is 759. The summed E-state index contributed by atoms with van der Waals surface area (Å²) in [6, 6.07) is 7.60. The van der Waals surface area contributed by atoms with E-state index in [1.165, 1.54) is 5.56 Å². The maximum absolute atomic E-state index is 5.82. The van der Waals surface area contributed by atoms with E-state index in [2.05, 4.69) is 29.2 Å². The summed E-state index contributed by atoms with van der Waals surface area (Å²) in [6.45, 7) is 8.88. The summed E-state index contributed by atoms with van der Waals surface area (Å²) in [6.07, 6.45) is 0. The van der Waals surface area contributed by atoms with Crippen LogP contribution in [-0.2, 0) is 13.6 Å². The number of likely N-dealkylation sites (N-methyl/N-ethyl adjacent to an activating group) is 1. The Morgan fingerprint density at radius 3 is 2.39 bits per heavy atom. The minimum Gasteiger partial charge on any atom is -0.497 e. The van der Waals surface area contributed by atoms with Crippen molar-refractivity contribution in [3.8, 4) is 11.5 Å². The lowest BCUT2D eigenvalue weighted by atomic mass is 10.2. The molecule has 7 nitrogen and oxygen atoms in total. The Balaban J connectivity index is 0.00000392. The molecule has 2 rings (SSSR count). The molecule has 1 heterocycles. The first-order valence-corrected chi connectivity index (χ1v) is 9.21. The molecule has 1 aromatic carbocycles. The van der Waals surface area contributed by atoms with Crippen LogP contribution in [0.15, 0.2) is 29.3 Å². The van der Waals surface area contributed by atoms with Crippen LogP contribution in [0.3, 0.4) is 0 Å². The summed E-state index contributed by atoms with van der Waals surface area (Å²) >= 11 is 0. The van der Waals surface area contributed by atoms with Gasteiger partial charge in [0.15, 0.2) is 5.96 Å². The number of aliphatic imine (C=N–C) groups is 1. The first-order valence-electron chi connectivity index (χ1n) is 9.21. The van der Waals surface area contributed by atoms with Crippen molar-refractivity contribution in [2.24, 2.45) is 12.0 Å². The predicted octanol–water partition coefficient (Wildman–Crippen LogP) is 3.14. The van der Waals surface area contributed by atoms with Gasteiger partial charge in [-0.2, -0.15) is 5.10 Å². The molecule has 0 radical (unpaired) electrons. The fraction of sp³-hybridized carbons (Fsp3) is 0.500. The number of aryl methyl sites for hydroxylation is 2. The van der Waals surface area contributed by atoms with Gasteiger partial charge >= 0.3 is 0 Å². The van der Waals surface area contributed by atoms with Gasteiger partial charge in [-0.1, -0.05) is 0 Å². The van der Waals surface area contributed by atoms with Crippen molar-refractivity contribution in [1.82, 2.24) is 20.0 Å². The molecule has 0 aliphatic heterocycles. The number of guanidine groups is 1. The van der Waals surface area contributed by atoms with Crippen molar-refractivity contribution in [1.29, 1.82) is 0 Å². The van der Waals surface area contributed by atoms with Gasteiger partial charge in [0.2, 0.25) is 0 Å². The van der Waals surface area contributed by atoms with Gasteiger partial charge in [-0.25, -0.2) is 4.99 Å². The molecule has 0 bridgehead atoms. The number of rotatable bonds is 8. The zero-order valence-electron chi connectivity index (χ0n) is 17.7. The van der Waals surface area contributed by atoms with E-state index in [0.29, 0.717) is 13.2 Å². The van der Waals surface area contributed by atoms with Crippen LogP contribution in [0.25, 0.3) is 0 Å². The summed E-state index contributed by atoms with van der Waals surface area (Å²) in [7, 11) is 5.63. The van der Waals surface area contributed by atoms with Gasteiger partial charge in [0.25, 0.3) is 0 Å². The highest BCUT2D eigenvalue weighted by molar-refractivity contribution is 14.0. The van der Waals surface area contributed by atoms with Gasteiger partial charge in [0.1, 0.15) is 18.1 Å². The van der Waals surface area contributed by atoms with Gasteiger partial charge in [0, 0.05) is 31.9 Å². The number of ether oxygens (including phenoxy) is 2. The second-order valence-corrected chi connectivity index (χ2v) is 6.39. The van der Waals surface area contributed by atoms with Crippen molar-refractivity contribution in [2.45, 2.75) is 27.3 Å². The lowest BCUT2D eigenvalue weighted by Crippen LogP contribution is -2.40. The first-order chi connectivity index (χ1) is 13.0. The Morgan fingerprint density at radius 2 is 1.86 bits per heavy atom. The molecule has 1 aromatic heterocycles. The summed E-state index contributed by atoms with van der Waals surface area (Å²) in [5.74, 6) is 2.51. The van der Waals surface area contributed by atoms with Crippen molar-refractivity contribution in [2.75, 3.05) is 33.9 Å². The maximum Gasteiger partial charge on any atom is 0.194 e. The molecule has 156 valence electrons. The second-order valence-electron chi connectivity index (χ2n) is 6.39. The second kappa shape index (κ2) is 11.8. The SMILES string of the molecule is CCNC(=NCc1c(C)nn(C)c1C)N(C)CCOc1ccc(OC)cc1.I. The largest absolute Gasteiger partial charge is 0.497 e. The lowest BCUT2D eigenvalue weighted by molar-refractivity contribution is 0.281. The third-order valence-electron chi connectivity index (χ3n) is 4.50.